The van der Waals surface area contributed by atoms with Gasteiger partial charge in [0.05, 0.1) is 18.0 Å². The van der Waals surface area contributed by atoms with Crippen molar-refractivity contribution in [2.45, 2.75) is 18.9 Å². The van der Waals surface area contributed by atoms with Crippen LogP contribution in [0, 0.1) is 5.82 Å². The lowest BCUT2D eigenvalue weighted by molar-refractivity contribution is 0.0932. The van der Waals surface area contributed by atoms with Crippen molar-refractivity contribution >= 4 is 22.8 Å². The molecule has 0 bridgehead atoms. The number of aromatic nitrogens is 4. The van der Waals surface area contributed by atoms with Crippen LogP contribution in [0.4, 0.5) is 10.3 Å². The number of carbonyl (C=O) groups is 1. The summed E-state index contributed by atoms with van der Waals surface area (Å²) in [6.07, 6.45) is 6.98. The number of aromatic amines is 1. The Kier molecular flexibility index (Phi) is 4.35. The first-order chi connectivity index (χ1) is 13.0. The molecular formula is C18H19FN6O2. The van der Waals surface area contributed by atoms with Gasteiger partial charge in [0.1, 0.15) is 5.52 Å². The highest BCUT2D eigenvalue weighted by molar-refractivity contribution is 6.06. The van der Waals surface area contributed by atoms with Crippen LogP contribution in [-0.4, -0.2) is 44.6 Å². The van der Waals surface area contributed by atoms with Gasteiger partial charge in [0.15, 0.2) is 5.82 Å². The average molecular weight is 370 g/mol. The summed E-state index contributed by atoms with van der Waals surface area (Å²) < 4.78 is 14.4. The molecule has 1 fully saturated rings. The minimum absolute atomic E-state index is 0.0143. The molecule has 1 aliphatic rings. The number of H-pyrrole nitrogens is 1. The summed E-state index contributed by atoms with van der Waals surface area (Å²) in [7, 11) is 1.63. The number of pyridine rings is 1. The van der Waals surface area contributed by atoms with E-state index in [0.29, 0.717) is 35.5 Å². The van der Waals surface area contributed by atoms with Crippen molar-refractivity contribution in [2.75, 3.05) is 18.0 Å². The third-order valence-corrected chi connectivity index (χ3v) is 4.86. The van der Waals surface area contributed by atoms with E-state index in [9.17, 15) is 14.0 Å². The fourth-order valence-electron chi connectivity index (χ4n) is 3.41. The van der Waals surface area contributed by atoms with E-state index in [-0.39, 0.29) is 17.5 Å². The van der Waals surface area contributed by atoms with E-state index in [1.54, 1.807) is 25.5 Å². The standard InChI is InChI=1S/C18H19FN6O2/c1-24-10-14(13-2-5-20-15(13)17(24)27)16(26)23-12-3-6-25(7-4-12)18-21-8-11(19)9-22-18/h2,5,8-10,12,20H,3-4,6-7H2,1H3,(H,23,26). The number of halogens is 1. The van der Waals surface area contributed by atoms with Crippen molar-refractivity contribution in [2.24, 2.45) is 7.05 Å². The molecule has 9 heteroatoms. The fourth-order valence-corrected chi connectivity index (χ4v) is 3.41. The molecule has 1 saturated heterocycles. The first-order valence-electron chi connectivity index (χ1n) is 8.73. The van der Waals surface area contributed by atoms with E-state index < -0.39 is 5.82 Å². The molecule has 2 N–H and O–H groups in total. The summed E-state index contributed by atoms with van der Waals surface area (Å²) in [6, 6.07) is 1.75. The molecule has 4 rings (SSSR count). The predicted molar refractivity (Wildman–Crippen MR) is 98.2 cm³/mol. The lowest BCUT2D eigenvalue weighted by Gasteiger charge is -2.32. The second kappa shape index (κ2) is 6.82. The number of nitrogens with one attached hydrogen (secondary N) is 2. The molecule has 0 spiro atoms. The third-order valence-electron chi connectivity index (χ3n) is 4.86. The number of carbonyl (C=O) groups excluding carboxylic acids is 1. The zero-order chi connectivity index (χ0) is 19.0. The maximum absolute atomic E-state index is 12.9. The molecule has 0 aromatic carbocycles. The first-order valence-corrected chi connectivity index (χ1v) is 8.73. The average Bonchev–Trinajstić information content (AvgIpc) is 3.16. The van der Waals surface area contributed by atoms with Gasteiger partial charge in [-0.1, -0.05) is 0 Å². The number of hydrogen-bond donors (Lipinski definition) is 2. The molecule has 1 aliphatic heterocycles. The van der Waals surface area contributed by atoms with Gasteiger partial charge in [-0.3, -0.25) is 9.59 Å². The van der Waals surface area contributed by atoms with E-state index in [0.717, 1.165) is 25.2 Å². The second-order valence-electron chi connectivity index (χ2n) is 6.66. The highest BCUT2D eigenvalue weighted by Crippen LogP contribution is 2.18. The number of hydrogen-bond acceptors (Lipinski definition) is 5. The van der Waals surface area contributed by atoms with Gasteiger partial charge in [-0.2, -0.15) is 0 Å². The van der Waals surface area contributed by atoms with Gasteiger partial charge in [-0.25, -0.2) is 14.4 Å². The van der Waals surface area contributed by atoms with Crippen LogP contribution >= 0.6 is 0 Å². The van der Waals surface area contributed by atoms with Crippen LogP contribution in [-0.2, 0) is 7.05 Å². The maximum Gasteiger partial charge on any atom is 0.274 e. The molecule has 27 heavy (non-hydrogen) atoms. The number of anilines is 1. The van der Waals surface area contributed by atoms with Crippen molar-refractivity contribution in [3.8, 4) is 0 Å². The number of fused-ring (bicyclic) bond motifs is 1. The summed E-state index contributed by atoms with van der Waals surface area (Å²) in [5, 5.41) is 3.67. The third kappa shape index (κ3) is 3.27. The fraction of sp³-hybridized carbons (Fsp3) is 0.333. The van der Waals surface area contributed by atoms with Crippen LogP contribution in [0.3, 0.4) is 0 Å². The Bertz CT molecular complexity index is 1030. The Labute approximate surface area is 154 Å². The van der Waals surface area contributed by atoms with Crippen LogP contribution in [0.25, 0.3) is 10.9 Å². The first kappa shape index (κ1) is 17.2. The van der Waals surface area contributed by atoms with Gasteiger partial charge in [0, 0.05) is 44.0 Å². The Balaban J connectivity index is 1.44. The number of amides is 1. The molecule has 0 radical (unpaired) electrons. The van der Waals surface area contributed by atoms with Gasteiger partial charge in [0.2, 0.25) is 5.95 Å². The van der Waals surface area contributed by atoms with Crippen LogP contribution in [0.15, 0.2) is 35.6 Å². The number of rotatable bonds is 3. The molecule has 8 nitrogen and oxygen atoms in total. The Morgan fingerprint density at radius 2 is 2.00 bits per heavy atom. The summed E-state index contributed by atoms with van der Waals surface area (Å²) in [5.41, 5.74) is 0.727. The van der Waals surface area contributed by atoms with E-state index in [2.05, 4.69) is 20.3 Å². The SMILES string of the molecule is Cn1cc(C(=O)NC2CCN(c3ncc(F)cn3)CC2)c2cc[nH]c2c1=O. The van der Waals surface area contributed by atoms with Crippen molar-refractivity contribution in [1.82, 2.24) is 24.8 Å². The molecule has 0 aliphatic carbocycles. The quantitative estimate of drug-likeness (QED) is 0.722. The topological polar surface area (TPSA) is 95.9 Å². The molecule has 3 aromatic heterocycles. The van der Waals surface area contributed by atoms with Gasteiger partial charge < -0.3 is 19.8 Å². The van der Waals surface area contributed by atoms with E-state index in [4.69, 9.17) is 0 Å². The highest BCUT2D eigenvalue weighted by atomic mass is 19.1. The Hall–Kier alpha value is -3.23. The van der Waals surface area contributed by atoms with Crippen LogP contribution in [0.1, 0.15) is 23.2 Å². The second-order valence-corrected chi connectivity index (χ2v) is 6.66. The zero-order valence-corrected chi connectivity index (χ0v) is 14.8. The van der Waals surface area contributed by atoms with Gasteiger partial charge >= 0.3 is 0 Å². The van der Waals surface area contributed by atoms with Crippen molar-refractivity contribution in [3.63, 3.8) is 0 Å². The number of nitrogens with zero attached hydrogens (tertiary/aromatic N) is 4. The minimum Gasteiger partial charge on any atom is -0.357 e. The van der Waals surface area contributed by atoms with Crippen molar-refractivity contribution < 1.29 is 9.18 Å². The summed E-state index contributed by atoms with van der Waals surface area (Å²) >= 11 is 0. The molecule has 0 saturated carbocycles. The van der Waals surface area contributed by atoms with Crippen molar-refractivity contribution in [1.29, 1.82) is 0 Å². The zero-order valence-electron chi connectivity index (χ0n) is 14.8. The molecule has 4 heterocycles. The summed E-state index contributed by atoms with van der Waals surface area (Å²) in [4.78, 5) is 37.7. The van der Waals surface area contributed by atoms with Crippen LogP contribution in [0.2, 0.25) is 0 Å². The minimum atomic E-state index is -0.464. The lowest BCUT2D eigenvalue weighted by Crippen LogP contribution is -2.45. The number of aryl methyl sites for hydroxylation is 1. The van der Waals surface area contributed by atoms with Gasteiger partial charge in [0.25, 0.3) is 11.5 Å². The smallest absolute Gasteiger partial charge is 0.274 e. The lowest BCUT2D eigenvalue weighted by atomic mass is 10.0. The van der Waals surface area contributed by atoms with Crippen LogP contribution < -0.4 is 15.8 Å². The molecular weight excluding hydrogens is 351 g/mol. The molecule has 0 unspecified atom stereocenters. The largest absolute Gasteiger partial charge is 0.357 e. The Morgan fingerprint density at radius 3 is 2.70 bits per heavy atom. The molecule has 140 valence electrons. The molecule has 3 aromatic rings. The maximum atomic E-state index is 12.9. The van der Waals surface area contributed by atoms with Crippen molar-refractivity contribution in [3.05, 3.63) is 52.6 Å². The van der Waals surface area contributed by atoms with Gasteiger partial charge in [-0.15, -0.1) is 0 Å². The van der Waals surface area contributed by atoms with E-state index >= 15 is 0 Å². The van der Waals surface area contributed by atoms with E-state index in [1.165, 1.54) is 4.57 Å². The normalized spacial score (nSPS) is 15.3. The molecule has 0 atom stereocenters. The Morgan fingerprint density at radius 1 is 1.30 bits per heavy atom. The van der Waals surface area contributed by atoms with Gasteiger partial charge in [-0.05, 0) is 18.9 Å². The molecule has 1 amide bonds. The highest BCUT2D eigenvalue weighted by Gasteiger charge is 2.24. The van der Waals surface area contributed by atoms with Crippen LogP contribution in [0.5, 0.6) is 0 Å². The summed E-state index contributed by atoms with van der Waals surface area (Å²) in [5.74, 6) is -0.172. The predicted octanol–water partition coefficient (Wildman–Crippen LogP) is 1.19. The monoisotopic (exact) mass is 370 g/mol. The number of piperidine rings is 1. The van der Waals surface area contributed by atoms with E-state index in [1.807, 2.05) is 4.90 Å². The summed E-state index contributed by atoms with van der Waals surface area (Å²) in [6.45, 7) is 1.34.